The second kappa shape index (κ2) is 5.79. The fourth-order valence-electron chi connectivity index (χ4n) is 2.39. The fourth-order valence-corrected chi connectivity index (χ4v) is 2.39. The molecule has 0 aliphatic rings. The Labute approximate surface area is 134 Å². The van der Waals surface area contributed by atoms with Crippen LogP contribution in [0, 0.1) is 13.8 Å². The lowest BCUT2D eigenvalue weighted by molar-refractivity contribution is 0.811. The average molecular weight is 309 g/mol. The average Bonchev–Trinajstić information content (AvgIpc) is 2.46. The number of aromatic amines is 1. The van der Waals surface area contributed by atoms with E-state index in [0.717, 1.165) is 27.9 Å². The van der Waals surface area contributed by atoms with Crippen LogP contribution in [0.1, 0.15) is 36.7 Å². The van der Waals surface area contributed by atoms with Crippen molar-refractivity contribution < 1.29 is 0 Å². The monoisotopic (exact) mass is 309 g/mol. The molecule has 23 heavy (non-hydrogen) atoms. The number of fused-ring (bicyclic) bond motifs is 1. The molecule has 2 N–H and O–H groups in total. The van der Waals surface area contributed by atoms with Crippen LogP contribution in [0.2, 0.25) is 0 Å². The van der Waals surface area contributed by atoms with Crippen molar-refractivity contribution in [1.82, 2.24) is 19.9 Å². The molecule has 0 saturated carbocycles. The smallest absolute Gasteiger partial charge is 0.252 e. The van der Waals surface area contributed by atoms with Crippen molar-refractivity contribution in [3.8, 4) is 0 Å². The minimum atomic E-state index is -0.195. The summed E-state index contributed by atoms with van der Waals surface area (Å²) in [4.78, 5) is 27.8. The molecule has 3 rings (SSSR count). The first-order valence-corrected chi connectivity index (χ1v) is 7.55. The zero-order chi connectivity index (χ0) is 16.6. The molecular formula is C17H19N5O. The summed E-state index contributed by atoms with van der Waals surface area (Å²) in [5.41, 5.74) is 3.40. The van der Waals surface area contributed by atoms with Crippen molar-refractivity contribution in [1.29, 1.82) is 0 Å². The number of H-pyrrole nitrogens is 1. The first-order chi connectivity index (χ1) is 10.9. The van der Waals surface area contributed by atoms with Crippen LogP contribution < -0.4 is 10.9 Å². The molecule has 118 valence electrons. The SMILES string of the molecule is Cc1ccc2c(C)nc(Nc3nc(C(C)C)cc(=O)[nH]3)nc2c1. The molecule has 0 bridgehead atoms. The van der Waals surface area contributed by atoms with Gasteiger partial charge in [0.15, 0.2) is 0 Å². The van der Waals surface area contributed by atoms with E-state index in [1.165, 1.54) is 6.07 Å². The highest BCUT2D eigenvalue weighted by atomic mass is 16.1. The standard InChI is InChI=1S/C17H19N5O/c1-9(2)13-8-15(23)21-17(19-13)22-16-18-11(4)12-6-5-10(3)7-14(12)20-16/h5-9H,1-4H3,(H2,18,19,20,21,22,23). The normalized spacial score (nSPS) is 11.2. The van der Waals surface area contributed by atoms with Crippen LogP contribution in [0.25, 0.3) is 10.9 Å². The Morgan fingerprint density at radius 1 is 1.09 bits per heavy atom. The third-order valence-electron chi connectivity index (χ3n) is 3.63. The highest BCUT2D eigenvalue weighted by Gasteiger charge is 2.09. The van der Waals surface area contributed by atoms with Gasteiger partial charge in [0.05, 0.1) is 16.9 Å². The van der Waals surface area contributed by atoms with E-state index in [4.69, 9.17) is 0 Å². The summed E-state index contributed by atoms with van der Waals surface area (Å²) in [5.74, 6) is 0.942. The maximum absolute atomic E-state index is 11.8. The number of hydrogen-bond donors (Lipinski definition) is 2. The van der Waals surface area contributed by atoms with Crippen molar-refractivity contribution in [2.75, 3.05) is 5.32 Å². The van der Waals surface area contributed by atoms with Crippen molar-refractivity contribution in [2.24, 2.45) is 0 Å². The summed E-state index contributed by atoms with van der Waals surface area (Å²) in [7, 11) is 0. The topological polar surface area (TPSA) is 83.6 Å². The second-order valence-corrected chi connectivity index (χ2v) is 5.95. The van der Waals surface area contributed by atoms with Crippen molar-refractivity contribution in [3.63, 3.8) is 0 Å². The van der Waals surface area contributed by atoms with Crippen LogP contribution in [-0.2, 0) is 0 Å². The Bertz CT molecular complexity index is 930. The minimum absolute atomic E-state index is 0.166. The van der Waals surface area contributed by atoms with Crippen LogP contribution in [-0.4, -0.2) is 19.9 Å². The molecule has 0 fully saturated rings. The maximum atomic E-state index is 11.8. The predicted molar refractivity (Wildman–Crippen MR) is 91.2 cm³/mol. The van der Waals surface area contributed by atoms with E-state index < -0.39 is 0 Å². The number of aryl methyl sites for hydroxylation is 2. The molecule has 0 aliphatic carbocycles. The third kappa shape index (κ3) is 3.21. The molecule has 0 atom stereocenters. The number of benzene rings is 1. The van der Waals surface area contributed by atoms with Crippen LogP contribution in [0.3, 0.4) is 0 Å². The summed E-state index contributed by atoms with van der Waals surface area (Å²) in [5, 5.41) is 4.02. The van der Waals surface area contributed by atoms with Gasteiger partial charge < -0.3 is 0 Å². The zero-order valence-electron chi connectivity index (χ0n) is 13.6. The molecule has 0 spiro atoms. The lowest BCUT2D eigenvalue weighted by Crippen LogP contribution is -2.13. The molecule has 0 aliphatic heterocycles. The van der Waals surface area contributed by atoms with Crippen LogP contribution in [0.15, 0.2) is 29.1 Å². The van der Waals surface area contributed by atoms with Gasteiger partial charge in [0.1, 0.15) is 0 Å². The third-order valence-corrected chi connectivity index (χ3v) is 3.63. The van der Waals surface area contributed by atoms with Gasteiger partial charge in [0.25, 0.3) is 5.56 Å². The number of nitrogens with one attached hydrogen (secondary N) is 2. The van der Waals surface area contributed by atoms with E-state index in [-0.39, 0.29) is 11.5 Å². The molecule has 2 aromatic heterocycles. The molecule has 0 unspecified atom stereocenters. The Balaban J connectivity index is 2.03. The number of rotatable bonds is 3. The molecular weight excluding hydrogens is 290 g/mol. The number of anilines is 2. The summed E-state index contributed by atoms with van der Waals surface area (Å²) in [6.45, 7) is 7.94. The first-order valence-electron chi connectivity index (χ1n) is 7.55. The largest absolute Gasteiger partial charge is 0.294 e. The lowest BCUT2D eigenvalue weighted by Gasteiger charge is -2.09. The van der Waals surface area contributed by atoms with Crippen LogP contribution >= 0.6 is 0 Å². The Kier molecular flexibility index (Phi) is 3.82. The van der Waals surface area contributed by atoms with Gasteiger partial charge in [-0.2, -0.15) is 0 Å². The summed E-state index contributed by atoms with van der Waals surface area (Å²) < 4.78 is 0. The molecule has 2 heterocycles. The lowest BCUT2D eigenvalue weighted by atomic mass is 10.1. The molecule has 1 aromatic carbocycles. The van der Waals surface area contributed by atoms with Gasteiger partial charge in [0, 0.05) is 11.5 Å². The van der Waals surface area contributed by atoms with Gasteiger partial charge in [-0.05, 0) is 31.4 Å². The highest BCUT2D eigenvalue weighted by molar-refractivity contribution is 5.82. The summed E-state index contributed by atoms with van der Waals surface area (Å²) in [6, 6.07) is 7.57. The van der Waals surface area contributed by atoms with Crippen LogP contribution in [0.4, 0.5) is 11.9 Å². The maximum Gasteiger partial charge on any atom is 0.252 e. The molecule has 0 radical (unpaired) electrons. The van der Waals surface area contributed by atoms with E-state index in [2.05, 4.69) is 25.3 Å². The Hall–Kier alpha value is -2.76. The van der Waals surface area contributed by atoms with E-state index >= 15 is 0 Å². The van der Waals surface area contributed by atoms with Gasteiger partial charge in [-0.25, -0.2) is 15.0 Å². The van der Waals surface area contributed by atoms with Crippen molar-refractivity contribution >= 4 is 22.8 Å². The van der Waals surface area contributed by atoms with E-state index in [9.17, 15) is 4.79 Å². The quantitative estimate of drug-likeness (QED) is 0.776. The van der Waals surface area contributed by atoms with Gasteiger partial charge in [-0.1, -0.05) is 26.0 Å². The molecule has 6 heteroatoms. The Morgan fingerprint density at radius 3 is 2.61 bits per heavy atom. The van der Waals surface area contributed by atoms with Gasteiger partial charge in [0.2, 0.25) is 11.9 Å². The Morgan fingerprint density at radius 2 is 1.87 bits per heavy atom. The number of hydrogen-bond acceptors (Lipinski definition) is 5. The summed E-state index contributed by atoms with van der Waals surface area (Å²) in [6.07, 6.45) is 0. The minimum Gasteiger partial charge on any atom is -0.294 e. The van der Waals surface area contributed by atoms with Crippen molar-refractivity contribution in [2.45, 2.75) is 33.6 Å². The molecule has 0 saturated heterocycles. The van der Waals surface area contributed by atoms with E-state index in [1.54, 1.807) is 0 Å². The van der Waals surface area contributed by atoms with Gasteiger partial charge in [-0.15, -0.1) is 0 Å². The predicted octanol–water partition coefficient (Wildman–Crippen LogP) is 3.20. The second-order valence-electron chi connectivity index (χ2n) is 5.95. The fraction of sp³-hybridized carbons (Fsp3) is 0.294. The number of nitrogens with zero attached hydrogens (tertiary/aromatic N) is 3. The molecule has 0 amide bonds. The van der Waals surface area contributed by atoms with Gasteiger partial charge in [-0.3, -0.25) is 15.1 Å². The summed E-state index contributed by atoms with van der Waals surface area (Å²) >= 11 is 0. The molecule has 3 aromatic rings. The number of aromatic nitrogens is 4. The van der Waals surface area contributed by atoms with E-state index in [1.807, 2.05) is 45.9 Å². The zero-order valence-corrected chi connectivity index (χ0v) is 13.6. The van der Waals surface area contributed by atoms with E-state index in [0.29, 0.717) is 11.9 Å². The van der Waals surface area contributed by atoms with Crippen molar-refractivity contribution in [3.05, 3.63) is 51.6 Å². The molecule has 6 nitrogen and oxygen atoms in total. The highest BCUT2D eigenvalue weighted by Crippen LogP contribution is 2.20. The first kappa shape index (κ1) is 15.1. The van der Waals surface area contributed by atoms with Gasteiger partial charge >= 0.3 is 0 Å². The van der Waals surface area contributed by atoms with Crippen LogP contribution in [0.5, 0.6) is 0 Å².